The van der Waals surface area contributed by atoms with E-state index in [-0.39, 0.29) is 12.1 Å². The smallest absolute Gasteiger partial charge is 0.0700 e. The van der Waals surface area contributed by atoms with E-state index in [0.29, 0.717) is 19.1 Å². The maximum atomic E-state index is 9.22. The van der Waals surface area contributed by atoms with Gasteiger partial charge in [-0.3, -0.25) is 0 Å². The molecule has 1 unspecified atom stereocenters. The third-order valence-electron chi connectivity index (χ3n) is 3.04. The molecule has 0 spiro atoms. The number of unbranched alkanes of at least 4 members (excludes halogenated alkanes) is 1. The Morgan fingerprint density at radius 3 is 2.33 bits per heavy atom. The fourth-order valence-electron chi connectivity index (χ4n) is 1.54. The van der Waals surface area contributed by atoms with Crippen molar-refractivity contribution in [1.82, 2.24) is 5.32 Å². The van der Waals surface area contributed by atoms with Crippen LogP contribution in [-0.2, 0) is 9.47 Å². The van der Waals surface area contributed by atoms with Gasteiger partial charge < -0.3 is 19.9 Å². The predicted molar refractivity (Wildman–Crippen MR) is 74.9 cm³/mol. The van der Waals surface area contributed by atoms with E-state index in [9.17, 15) is 5.11 Å². The van der Waals surface area contributed by atoms with Gasteiger partial charge in [0.25, 0.3) is 0 Å². The quantitative estimate of drug-likeness (QED) is 0.526. The van der Waals surface area contributed by atoms with Crippen molar-refractivity contribution in [1.29, 1.82) is 0 Å². The second-order valence-electron chi connectivity index (χ2n) is 5.51. The predicted octanol–water partition coefficient (Wildman–Crippen LogP) is 1.82. The van der Waals surface area contributed by atoms with Crippen molar-refractivity contribution in [3.8, 4) is 0 Å². The number of rotatable bonds is 12. The molecular formula is C14H31NO3. The first-order chi connectivity index (χ1) is 8.54. The highest BCUT2D eigenvalue weighted by Gasteiger charge is 2.19. The maximum absolute atomic E-state index is 9.22. The lowest BCUT2D eigenvalue weighted by atomic mass is 9.96. The molecule has 0 aromatic rings. The van der Waals surface area contributed by atoms with E-state index in [0.717, 1.165) is 32.5 Å². The highest BCUT2D eigenvalue weighted by atomic mass is 16.5. The van der Waals surface area contributed by atoms with Crippen LogP contribution < -0.4 is 5.32 Å². The van der Waals surface area contributed by atoms with Crippen LogP contribution in [0.4, 0.5) is 0 Å². The van der Waals surface area contributed by atoms with Crippen LogP contribution in [-0.4, -0.2) is 50.7 Å². The summed E-state index contributed by atoms with van der Waals surface area (Å²) in [5.41, 5.74) is -0.152. The molecule has 0 fully saturated rings. The van der Waals surface area contributed by atoms with Crippen LogP contribution >= 0.6 is 0 Å². The Kier molecular flexibility index (Phi) is 10.6. The lowest BCUT2D eigenvalue weighted by molar-refractivity contribution is 0.0359. The molecule has 0 aromatic heterocycles. The number of hydrogen-bond acceptors (Lipinski definition) is 4. The molecule has 0 bridgehead atoms. The molecular weight excluding hydrogens is 230 g/mol. The zero-order valence-corrected chi connectivity index (χ0v) is 12.5. The minimum Gasteiger partial charge on any atom is -0.394 e. The molecule has 0 aliphatic rings. The summed E-state index contributed by atoms with van der Waals surface area (Å²) in [6, 6.07) is 0. The zero-order chi connectivity index (χ0) is 13.9. The van der Waals surface area contributed by atoms with Crippen molar-refractivity contribution in [2.45, 2.75) is 45.6 Å². The number of ether oxygens (including phenoxy) is 2. The van der Waals surface area contributed by atoms with Gasteiger partial charge in [-0.15, -0.1) is 0 Å². The first-order valence-electron chi connectivity index (χ1n) is 6.99. The molecule has 0 rings (SSSR count). The summed E-state index contributed by atoms with van der Waals surface area (Å²) in [6.45, 7) is 9.43. The van der Waals surface area contributed by atoms with Crippen molar-refractivity contribution in [2.24, 2.45) is 5.92 Å². The van der Waals surface area contributed by atoms with Crippen LogP contribution in [0, 0.1) is 5.92 Å². The average Bonchev–Trinajstić information content (AvgIpc) is 2.36. The molecule has 0 saturated heterocycles. The van der Waals surface area contributed by atoms with Gasteiger partial charge in [0.1, 0.15) is 0 Å². The second kappa shape index (κ2) is 10.7. The van der Waals surface area contributed by atoms with Gasteiger partial charge in [-0.25, -0.2) is 0 Å². The Morgan fingerprint density at radius 1 is 1.11 bits per heavy atom. The van der Waals surface area contributed by atoms with Crippen molar-refractivity contribution in [2.75, 3.05) is 40.1 Å². The van der Waals surface area contributed by atoms with Crippen LogP contribution in [0.15, 0.2) is 0 Å². The van der Waals surface area contributed by atoms with Gasteiger partial charge in [0.15, 0.2) is 0 Å². The van der Waals surface area contributed by atoms with Gasteiger partial charge in [-0.05, 0) is 39.2 Å². The fourth-order valence-corrected chi connectivity index (χ4v) is 1.54. The van der Waals surface area contributed by atoms with Gasteiger partial charge in [0.05, 0.1) is 19.8 Å². The molecule has 4 heteroatoms. The molecule has 2 N–H and O–H groups in total. The van der Waals surface area contributed by atoms with Crippen LogP contribution in [0.3, 0.4) is 0 Å². The number of hydrogen-bond donors (Lipinski definition) is 2. The molecule has 18 heavy (non-hydrogen) atoms. The van der Waals surface area contributed by atoms with Gasteiger partial charge in [0, 0.05) is 18.8 Å². The summed E-state index contributed by atoms with van der Waals surface area (Å²) in [4.78, 5) is 0. The Morgan fingerprint density at radius 2 is 1.78 bits per heavy atom. The summed E-state index contributed by atoms with van der Waals surface area (Å²) >= 11 is 0. The first kappa shape index (κ1) is 17.8. The fraction of sp³-hybridized carbons (Fsp3) is 1.00. The molecule has 0 aromatic carbocycles. The molecule has 0 heterocycles. The van der Waals surface area contributed by atoms with Gasteiger partial charge in [-0.1, -0.05) is 13.8 Å². The molecule has 0 saturated carbocycles. The molecule has 1 atom stereocenters. The Labute approximate surface area is 112 Å². The molecule has 0 radical (unpaired) electrons. The Balaban J connectivity index is 3.26. The van der Waals surface area contributed by atoms with E-state index in [1.807, 2.05) is 14.0 Å². The molecule has 110 valence electrons. The minimum atomic E-state index is -0.152. The van der Waals surface area contributed by atoms with Gasteiger partial charge in [0.2, 0.25) is 0 Å². The van der Waals surface area contributed by atoms with Crippen LogP contribution in [0.25, 0.3) is 0 Å². The van der Waals surface area contributed by atoms with Crippen molar-refractivity contribution >= 4 is 0 Å². The summed E-state index contributed by atoms with van der Waals surface area (Å²) in [7, 11) is 1.89. The van der Waals surface area contributed by atoms with E-state index >= 15 is 0 Å². The highest BCUT2D eigenvalue weighted by Crippen LogP contribution is 2.12. The van der Waals surface area contributed by atoms with E-state index in [2.05, 4.69) is 19.2 Å². The van der Waals surface area contributed by atoms with E-state index in [1.165, 1.54) is 0 Å². The van der Waals surface area contributed by atoms with Crippen LogP contribution in [0.2, 0.25) is 0 Å². The molecule has 0 aliphatic heterocycles. The number of aliphatic hydroxyl groups excluding tert-OH is 1. The second-order valence-corrected chi connectivity index (χ2v) is 5.51. The largest absolute Gasteiger partial charge is 0.394 e. The molecule has 0 amide bonds. The SMILES string of the molecule is CNC(C)(CO)CCCCOCCOCC(C)C. The summed E-state index contributed by atoms with van der Waals surface area (Å²) < 4.78 is 10.9. The third-order valence-corrected chi connectivity index (χ3v) is 3.04. The van der Waals surface area contributed by atoms with Crippen LogP contribution in [0.5, 0.6) is 0 Å². The maximum Gasteiger partial charge on any atom is 0.0700 e. The number of aliphatic hydroxyl groups is 1. The summed E-state index contributed by atoms with van der Waals surface area (Å²) in [5.74, 6) is 0.586. The third kappa shape index (κ3) is 9.83. The number of likely N-dealkylation sites (N-methyl/N-ethyl adjacent to an activating group) is 1. The standard InChI is InChI=1S/C14H31NO3/c1-13(2)11-18-10-9-17-8-6-5-7-14(3,12-16)15-4/h13,15-16H,5-12H2,1-4H3. The summed E-state index contributed by atoms with van der Waals surface area (Å²) in [5, 5.41) is 12.4. The van der Waals surface area contributed by atoms with Gasteiger partial charge >= 0.3 is 0 Å². The lowest BCUT2D eigenvalue weighted by Crippen LogP contribution is -2.43. The minimum absolute atomic E-state index is 0.152. The molecule has 4 nitrogen and oxygen atoms in total. The van der Waals surface area contributed by atoms with Gasteiger partial charge in [-0.2, -0.15) is 0 Å². The zero-order valence-electron chi connectivity index (χ0n) is 12.5. The Bertz CT molecular complexity index is 182. The van der Waals surface area contributed by atoms with E-state index in [1.54, 1.807) is 0 Å². The Hall–Kier alpha value is -0.160. The monoisotopic (exact) mass is 261 g/mol. The lowest BCUT2D eigenvalue weighted by Gasteiger charge is -2.26. The van der Waals surface area contributed by atoms with Crippen LogP contribution in [0.1, 0.15) is 40.0 Å². The average molecular weight is 261 g/mol. The normalized spacial score (nSPS) is 15.0. The van der Waals surface area contributed by atoms with Crippen molar-refractivity contribution in [3.63, 3.8) is 0 Å². The summed E-state index contributed by atoms with van der Waals surface area (Å²) in [6.07, 6.45) is 3.05. The first-order valence-corrected chi connectivity index (χ1v) is 6.99. The van der Waals surface area contributed by atoms with Crippen molar-refractivity contribution < 1.29 is 14.6 Å². The van der Waals surface area contributed by atoms with Crippen molar-refractivity contribution in [3.05, 3.63) is 0 Å². The number of nitrogens with one attached hydrogen (secondary N) is 1. The highest BCUT2D eigenvalue weighted by molar-refractivity contribution is 4.79. The molecule has 0 aliphatic carbocycles. The van der Waals surface area contributed by atoms with E-state index in [4.69, 9.17) is 9.47 Å². The topological polar surface area (TPSA) is 50.7 Å². The van der Waals surface area contributed by atoms with E-state index < -0.39 is 0 Å².